The minimum Gasteiger partial charge on any atom is -0.352 e. The molecule has 0 aliphatic carbocycles. The molecule has 0 amide bonds. The van der Waals surface area contributed by atoms with Gasteiger partial charge in [0.05, 0.1) is 0 Å². The molecule has 0 fully saturated rings. The van der Waals surface area contributed by atoms with E-state index in [2.05, 4.69) is 5.32 Å². The van der Waals surface area contributed by atoms with Crippen molar-refractivity contribution in [2.45, 2.75) is 12.1 Å². The molecular weight excluding hydrogens is 260 g/mol. The van der Waals surface area contributed by atoms with Gasteiger partial charge in [-0.25, -0.2) is 0 Å². The van der Waals surface area contributed by atoms with Crippen LogP contribution >= 0.6 is 17.2 Å². The van der Waals surface area contributed by atoms with Crippen molar-refractivity contribution < 1.29 is 18.9 Å². The van der Waals surface area contributed by atoms with Crippen LogP contribution in [0.4, 0.5) is 0 Å². The minimum atomic E-state index is -0.0509. The Kier molecular flexibility index (Phi) is 13.6. The highest BCUT2D eigenvalue weighted by Crippen LogP contribution is 2.20. The molecule has 7 heteroatoms. The van der Waals surface area contributed by atoms with Gasteiger partial charge in [0.15, 0.2) is 12.1 Å². The zero-order chi connectivity index (χ0) is 12.9. The molecule has 0 aliphatic rings. The number of hydrogen-bond donors (Lipinski definition) is 1. The molecule has 0 spiro atoms. The van der Waals surface area contributed by atoms with Crippen molar-refractivity contribution in [3.05, 3.63) is 0 Å². The molecule has 0 rings (SSSR count). The molecule has 0 aliphatic heterocycles. The van der Waals surface area contributed by atoms with Crippen LogP contribution in [-0.2, 0) is 18.9 Å². The van der Waals surface area contributed by atoms with Gasteiger partial charge in [-0.1, -0.05) is 17.2 Å². The van der Waals surface area contributed by atoms with Crippen LogP contribution in [0.1, 0.15) is 0 Å². The molecule has 17 heavy (non-hydrogen) atoms. The molecule has 0 heterocycles. The second-order valence-corrected chi connectivity index (χ2v) is 6.02. The Bertz CT molecular complexity index is 141. The first-order valence-corrected chi connectivity index (χ1v) is 8.14. The molecule has 2 atom stereocenters. The number of hydrogen-bond acceptors (Lipinski definition) is 5. The summed E-state index contributed by atoms with van der Waals surface area (Å²) >= 11 is 0. The predicted molar refractivity (Wildman–Crippen MR) is 74.8 cm³/mol. The topological polar surface area (TPSA) is 49.0 Å². The maximum Gasteiger partial charge on any atom is 0.172 e. The maximum absolute atomic E-state index is 5.12. The molecule has 2 unspecified atom stereocenters. The average molecular weight is 285 g/mol. The quantitative estimate of drug-likeness (QED) is 0.330. The van der Waals surface area contributed by atoms with Crippen molar-refractivity contribution in [1.82, 2.24) is 5.32 Å². The van der Waals surface area contributed by atoms with Crippen LogP contribution in [0.3, 0.4) is 0 Å². The summed E-state index contributed by atoms with van der Waals surface area (Å²) in [6.07, 6.45) is 2.15. The van der Waals surface area contributed by atoms with Crippen LogP contribution in [0.2, 0.25) is 0 Å². The van der Waals surface area contributed by atoms with Gasteiger partial charge in [0.25, 0.3) is 0 Å². The number of methoxy groups -OCH3 is 4. The smallest absolute Gasteiger partial charge is 0.172 e. The van der Waals surface area contributed by atoms with E-state index >= 15 is 0 Å². The van der Waals surface area contributed by atoms with Gasteiger partial charge in [-0.05, 0) is 25.4 Å². The van der Waals surface area contributed by atoms with Crippen molar-refractivity contribution in [1.29, 1.82) is 0 Å². The van der Waals surface area contributed by atoms with E-state index in [4.69, 9.17) is 18.9 Å². The molecule has 104 valence electrons. The number of ether oxygens (including phenoxy) is 4. The minimum absolute atomic E-state index is 0.0509. The van der Waals surface area contributed by atoms with Gasteiger partial charge in [0.2, 0.25) is 0 Å². The Labute approximate surface area is 108 Å². The van der Waals surface area contributed by atoms with E-state index in [1.807, 2.05) is 0 Å². The van der Waals surface area contributed by atoms with Gasteiger partial charge < -0.3 is 24.3 Å². The first-order chi connectivity index (χ1) is 8.28. The number of nitrogens with one attached hydrogen (secondary N) is 1. The highest BCUT2D eigenvalue weighted by Gasteiger charge is 2.04. The summed E-state index contributed by atoms with van der Waals surface area (Å²) in [4.78, 5) is 0. The lowest BCUT2D eigenvalue weighted by molar-refractivity contribution is -0.0372. The highest BCUT2D eigenvalue weighted by atomic mass is 31.1. The van der Waals surface area contributed by atoms with E-state index in [0.29, 0.717) is 17.2 Å². The third kappa shape index (κ3) is 10.3. The summed E-state index contributed by atoms with van der Waals surface area (Å²) in [5, 5.41) is 3.38. The highest BCUT2D eigenvalue weighted by molar-refractivity contribution is 7.38. The SMILES string of the molecule is COC(OC)PCCNCCPC(OC)OC. The number of rotatable bonds is 12. The summed E-state index contributed by atoms with van der Waals surface area (Å²) in [7, 11) is 8.04. The molecule has 0 aromatic carbocycles. The summed E-state index contributed by atoms with van der Waals surface area (Å²) in [5.74, 6) is 0. The first-order valence-electron chi connectivity index (χ1n) is 5.57. The van der Waals surface area contributed by atoms with Crippen molar-refractivity contribution in [3.63, 3.8) is 0 Å². The lowest BCUT2D eigenvalue weighted by Gasteiger charge is -2.14. The first kappa shape index (κ1) is 17.7. The normalized spacial score (nSPS) is 13.1. The molecule has 0 saturated heterocycles. The monoisotopic (exact) mass is 285 g/mol. The molecular formula is C10H25NO4P2. The molecule has 0 aromatic heterocycles. The Morgan fingerprint density at radius 3 is 1.41 bits per heavy atom. The van der Waals surface area contributed by atoms with Crippen LogP contribution in [-0.4, -0.2) is 65.9 Å². The Morgan fingerprint density at radius 1 is 0.765 bits per heavy atom. The zero-order valence-electron chi connectivity index (χ0n) is 11.1. The lowest BCUT2D eigenvalue weighted by atomic mass is 10.7. The van der Waals surface area contributed by atoms with E-state index in [1.165, 1.54) is 0 Å². The second-order valence-electron chi connectivity index (χ2n) is 3.26. The fraction of sp³-hybridized carbons (Fsp3) is 1.00. The molecule has 0 aromatic rings. The van der Waals surface area contributed by atoms with E-state index in [1.54, 1.807) is 28.4 Å². The molecule has 0 radical (unpaired) electrons. The largest absolute Gasteiger partial charge is 0.352 e. The van der Waals surface area contributed by atoms with Crippen molar-refractivity contribution in [2.75, 3.05) is 53.9 Å². The van der Waals surface area contributed by atoms with Crippen molar-refractivity contribution in [2.24, 2.45) is 0 Å². The lowest BCUT2D eigenvalue weighted by Crippen LogP contribution is -2.21. The Morgan fingerprint density at radius 2 is 1.12 bits per heavy atom. The van der Waals surface area contributed by atoms with Crippen LogP contribution in [0, 0.1) is 0 Å². The van der Waals surface area contributed by atoms with Crippen LogP contribution in [0.5, 0.6) is 0 Å². The summed E-state index contributed by atoms with van der Waals surface area (Å²) in [6, 6.07) is -0.102. The third-order valence-corrected chi connectivity index (χ3v) is 4.77. The molecule has 0 saturated carbocycles. The summed E-state index contributed by atoms with van der Waals surface area (Å²) < 4.78 is 20.5. The fourth-order valence-electron chi connectivity index (χ4n) is 1.21. The fourth-order valence-corrected chi connectivity index (χ4v) is 2.99. The average Bonchev–Trinajstić information content (AvgIpc) is 2.37. The van der Waals surface area contributed by atoms with E-state index in [9.17, 15) is 0 Å². The van der Waals surface area contributed by atoms with Gasteiger partial charge in [-0.2, -0.15) is 0 Å². The van der Waals surface area contributed by atoms with Gasteiger partial charge in [-0.15, -0.1) is 0 Å². The molecule has 1 N–H and O–H groups in total. The van der Waals surface area contributed by atoms with Gasteiger partial charge in [-0.3, -0.25) is 0 Å². The summed E-state index contributed by atoms with van der Waals surface area (Å²) in [6.45, 7) is 1.99. The third-order valence-electron chi connectivity index (χ3n) is 2.08. The van der Waals surface area contributed by atoms with E-state index in [0.717, 1.165) is 25.4 Å². The van der Waals surface area contributed by atoms with Crippen LogP contribution < -0.4 is 5.32 Å². The molecule has 0 bridgehead atoms. The Hall–Kier alpha value is 0.660. The van der Waals surface area contributed by atoms with E-state index in [-0.39, 0.29) is 12.1 Å². The summed E-state index contributed by atoms with van der Waals surface area (Å²) in [5.41, 5.74) is 0. The standard InChI is InChI=1S/C10H25NO4P2/c1-12-9(13-2)16-7-5-11-6-8-17-10(14-3)15-4/h9-11,16-17H,5-8H2,1-4H3. The Balaban J connectivity index is 3.23. The second kappa shape index (κ2) is 13.1. The van der Waals surface area contributed by atoms with Crippen LogP contribution in [0.15, 0.2) is 0 Å². The van der Waals surface area contributed by atoms with Crippen molar-refractivity contribution >= 4 is 17.2 Å². The van der Waals surface area contributed by atoms with E-state index < -0.39 is 0 Å². The van der Waals surface area contributed by atoms with Gasteiger partial charge in [0, 0.05) is 28.4 Å². The van der Waals surface area contributed by atoms with Crippen LogP contribution in [0.25, 0.3) is 0 Å². The maximum atomic E-state index is 5.12. The predicted octanol–water partition coefficient (Wildman–Crippen LogP) is 1.09. The molecule has 5 nitrogen and oxygen atoms in total. The van der Waals surface area contributed by atoms with Gasteiger partial charge >= 0.3 is 0 Å². The zero-order valence-corrected chi connectivity index (χ0v) is 13.1. The van der Waals surface area contributed by atoms with Gasteiger partial charge in [0.1, 0.15) is 0 Å². The van der Waals surface area contributed by atoms with Crippen molar-refractivity contribution in [3.8, 4) is 0 Å².